The Morgan fingerprint density at radius 1 is 1.26 bits per heavy atom. The van der Waals surface area contributed by atoms with Crippen LogP contribution in [0.15, 0.2) is 41.8 Å². The number of carbonyl (C=O) groups is 1. The monoisotopic (exact) mass is 328 g/mol. The first-order valence-corrected chi connectivity index (χ1v) is 9.13. The first-order chi connectivity index (χ1) is 11.1. The number of amides is 1. The number of nitrogens with zero attached hydrogens (tertiary/aromatic N) is 1. The summed E-state index contributed by atoms with van der Waals surface area (Å²) in [5.41, 5.74) is 2.56. The molecule has 1 aliphatic heterocycles. The van der Waals surface area contributed by atoms with Gasteiger partial charge < -0.3 is 5.32 Å². The van der Waals surface area contributed by atoms with Gasteiger partial charge in [-0.25, -0.2) is 0 Å². The third kappa shape index (κ3) is 4.01. The molecule has 1 aliphatic rings. The number of carbonyl (C=O) groups excluding carboxylic acids is 1. The lowest BCUT2D eigenvalue weighted by Gasteiger charge is -2.28. The van der Waals surface area contributed by atoms with Gasteiger partial charge in [0.25, 0.3) is 0 Å². The van der Waals surface area contributed by atoms with Gasteiger partial charge >= 0.3 is 0 Å². The standard InChI is InChI=1S/C19H24N2OS/c1-14(2)19(15-6-4-3-5-7-15)20-18(22)13-21-10-8-17-16(12-21)9-11-23-17/h3-7,9,11,14,19H,8,10,12-13H2,1-2H3,(H,20,22)/t19-/m1/s1. The molecule has 122 valence electrons. The van der Waals surface area contributed by atoms with E-state index in [1.807, 2.05) is 29.5 Å². The summed E-state index contributed by atoms with van der Waals surface area (Å²) < 4.78 is 0. The zero-order chi connectivity index (χ0) is 16.2. The largest absolute Gasteiger partial charge is 0.348 e. The third-order valence-corrected chi connectivity index (χ3v) is 5.42. The first kappa shape index (κ1) is 16.2. The maximum Gasteiger partial charge on any atom is 0.234 e. The van der Waals surface area contributed by atoms with Crippen molar-refractivity contribution >= 4 is 17.2 Å². The van der Waals surface area contributed by atoms with Crippen molar-refractivity contribution in [1.82, 2.24) is 10.2 Å². The maximum atomic E-state index is 12.5. The highest BCUT2D eigenvalue weighted by molar-refractivity contribution is 7.10. The van der Waals surface area contributed by atoms with Crippen LogP contribution in [0.25, 0.3) is 0 Å². The molecule has 0 radical (unpaired) electrons. The molecule has 3 nitrogen and oxygen atoms in total. The molecule has 0 bridgehead atoms. The molecular weight excluding hydrogens is 304 g/mol. The summed E-state index contributed by atoms with van der Waals surface area (Å²) in [6, 6.07) is 12.5. The van der Waals surface area contributed by atoms with Crippen molar-refractivity contribution in [3.05, 3.63) is 57.8 Å². The van der Waals surface area contributed by atoms with Crippen LogP contribution in [0.5, 0.6) is 0 Å². The number of thiophene rings is 1. The van der Waals surface area contributed by atoms with Crippen LogP contribution >= 0.6 is 11.3 Å². The highest BCUT2D eigenvalue weighted by Crippen LogP contribution is 2.24. The number of hydrogen-bond acceptors (Lipinski definition) is 3. The van der Waals surface area contributed by atoms with Gasteiger partial charge in [-0.3, -0.25) is 9.69 Å². The molecule has 23 heavy (non-hydrogen) atoms. The molecule has 1 N–H and O–H groups in total. The lowest BCUT2D eigenvalue weighted by atomic mass is 9.96. The van der Waals surface area contributed by atoms with Gasteiger partial charge in [0, 0.05) is 18.0 Å². The Balaban J connectivity index is 1.60. The molecule has 0 aliphatic carbocycles. The van der Waals surface area contributed by atoms with E-state index >= 15 is 0 Å². The minimum absolute atomic E-state index is 0.0743. The van der Waals surface area contributed by atoms with Crippen LogP contribution in [0.3, 0.4) is 0 Å². The average Bonchev–Trinajstić information content (AvgIpc) is 3.01. The topological polar surface area (TPSA) is 32.3 Å². The predicted octanol–water partition coefficient (Wildman–Crippen LogP) is 3.62. The van der Waals surface area contributed by atoms with Crippen LogP contribution < -0.4 is 5.32 Å². The Morgan fingerprint density at radius 3 is 2.78 bits per heavy atom. The fraction of sp³-hybridized carbons (Fsp3) is 0.421. The van der Waals surface area contributed by atoms with Gasteiger partial charge in [-0.2, -0.15) is 0 Å². The smallest absolute Gasteiger partial charge is 0.234 e. The average molecular weight is 328 g/mol. The molecule has 3 rings (SSSR count). The van der Waals surface area contributed by atoms with E-state index in [1.54, 1.807) is 0 Å². The summed E-state index contributed by atoms with van der Waals surface area (Å²) in [5.74, 6) is 0.484. The molecular formula is C19H24N2OS. The van der Waals surface area contributed by atoms with Gasteiger partial charge in [0.15, 0.2) is 0 Å². The Labute approximate surface area is 142 Å². The molecule has 1 amide bonds. The molecule has 1 aromatic heterocycles. The molecule has 4 heteroatoms. The summed E-state index contributed by atoms with van der Waals surface area (Å²) >= 11 is 1.83. The summed E-state index contributed by atoms with van der Waals surface area (Å²) in [7, 11) is 0. The Kier molecular flexibility index (Phi) is 5.13. The summed E-state index contributed by atoms with van der Waals surface area (Å²) in [6.45, 7) is 6.64. The Morgan fingerprint density at radius 2 is 2.04 bits per heavy atom. The second-order valence-electron chi connectivity index (χ2n) is 6.53. The van der Waals surface area contributed by atoms with Crippen LogP contribution in [-0.4, -0.2) is 23.9 Å². The minimum Gasteiger partial charge on any atom is -0.348 e. The lowest BCUT2D eigenvalue weighted by Crippen LogP contribution is -2.41. The van der Waals surface area contributed by atoms with E-state index in [1.165, 1.54) is 16.0 Å². The lowest BCUT2D eigenvalue weighted by molar-refractivity contribution is -0.123. The van der Waals surface area contributed by atoms with Crippen LogP contribution in [-0.2, 0) is 17.8 Å². The number of nitrogens with one attached hydrogen (secondary N) is 1. The molecule has 0 fully saturated rings. The summed E-state index contributed by atoms with van der Waals surface area (Å²) in [6.07, 6.45) is 1.06. The highest BCUT2D eigenvalue weighted by Gasteiger charge is 2.22. The molecule has 0 unspecified atom stereocenters. The molecule has 0 spiro atoms. The number of rotatable bonds is 5. The van der Waals surface area contributed by atoms with E-state index in [2.05, 4.69) is 47.6 Å². The van der Waals surface area contributed by atoms with E-state index in [-0.39, 0.29) is 11.9 Å². The predicted molar refractivity (Wildman–Crippen MR) is 95.5 cm³/mol. The van der Waals surface area contributed by atoms with Crippen molar-refractivity contribution < 1.29 is 4.79 Å². The van der Waals surface area contributed by atoms with Crippen molar-refractivity contribution in [2.24, 2.45) is 5.92 Å². The van der Waals surface area contributed by atoms with Crippen LogP contribution in [0.2, 0.25) is 0 Å². The zero-order valence-corrected chi connectivity index (χ0v) is 14.6. The van der Waals surface area contributed by atoms with Crippen molar-refractivity contribution in [3.63, 3.8) is 0 Å². The summed E-state index contributed by atoms with van der Waals surface area (Å²) in [5, 5.41) is 5.37. The van der Waals surface area contributed by atoms with E-state index in [0.717, 1.165) is 19.5 Å². The van der Waals surface area contributed by atoms with E-state index in [0.29, 0.717) is 12.5 Å². The quantitative estimate of drug-likeness (QED) is 0.909. The fourth-order valence-corrected chi connectivity index (χ4v) is 4.05. The minimum atomic E-state index is 0.0743. The van der Waals surface area contributed by atoms with Gasteiger partial charge in [-0.05, 0) is 34.9 Å². The first-order valence-electron chi connectivity index (χ1n) is 8.25. The van der Waals surface area contributed by atoms with Gasteiger partial charge in [-0.15, -0.1) is 11.3 Å². The zero-order valence-electron chi connectivity index (χ0n) is 13.8. The number of hydrogen-bond donors (Lipinski definition) is 1. The van der Waals surface area contributed by atoms with E-state index in [9.17, 15) is 4.79 Å². The molecule has 2 aromatic rings. The second-order valence-corrected chi connectivity index (χ2v) is 7.53. The van der Waals surface area contributed by atoms with Crippen LogP contribution in [0.1, 0.15) is 35.9 Å². The maximum absolute atomic E-state index is 12.5. The molecule has 0 saturated carbocycles. The molecule has 2 heterocycles. The molecule has 1 aromatic carbocycles. The Hall–Kier alpha value is -1.65. The van der Waals surface area contributed by atoms with Crippen molar-refractivity contribution in [3.8, 4) is 0 Å². The SMILES string of the molecule is CC(C)[C@@H](NC(=O)CN1CCc2sccc2C1)c1ccccc1. The van der Waals surface area contributed by atoms with Gasteiger partial charge in [0.2, 0.25) is 5.91 Å². The van der Waals surface area contributed by atoms with Crippen molar-refractivity contribution in [2.75, 3.05) is 13.1 Å². The number of fused-ring (bicyclic) bond motifs is 1. The van der Waals surface area contributed by atoms with Crippen molar-refractivity contribution in [2.45, 2.75) is 32.9 Å². The summed E-state index contributed by atoms with van der Waals surface area (Å²) in [4.78, 5) is 16.2. The normalized spacial score (nSPS) is 16.1. The van der Waals surface area contributed by atoms with Gasteiger partial charge in [0.05, 0.1) is 12.6 Å². The van der Waals surface area contributed by atoms with Crippen LogP contribution in [0.4, 0.5) is 0 Å². The molecule has 1 atom stereocenters. The van der Waals surface area contributed by atoms with Crippen LogP contribution in [0, 0.1) is 5.92 Å². The second kappa shape index (κ2) is 7.28. The van der Waals surface area contributed by atoms with Gasteiger partial charge in [-0.1, -0.05) is 44.2 Å². The van der Waals surface area contributed by atoms with Crippen molar-refractivity contribution in [1.29, 1.82) is 0 Å². The van der Waals surface area contributed by atoms with Gasteiger partial charge in [0.1, 0.15) is 0 Å². The molecule has 0 saturated heterocycles. The fourth-order valence-electron chi connectivity index (χ4n) is 3.16. The highest BCUT2D eigenvalue weighted by atomic mass is 32.1. The Bertz CT molecular complexity index is 650. The third-order valence-electron chi connectivity index (χ3n) is 4.40. The van der Waals surface area contributed by atoms with E-state index in [4.69, 9.17) is 0 Å². The van der Waals surface area contributed by atoms with E-state index < -0.39 is 0 Å². The number of benzene rings is 1.